The quantitative estimate of drug-likeness (QED) is 0.324. The fourth-order valence-corrected chi connectivity index (χ4v) is 6.24. The first kappa shape index (κ1) is 25.0. The van der Waals surface area contributed by atoms with Gasteiger partial charge >= 0.3 is 0 Å². The van der Waals surface area contributed by atoms with Gasteiger partial charge in [0, 0.05) is 40.2 Å². The molecule has 34 heavy (non-hydrogen) atoms. The lowest BCUT2D eigenvalue weighted by Gasteiger charge is -2.24. The number of carbonyl (C=O) groups excluding carboxylic acids is 2. The topological polar surface area (TPSA) is 49.4 Å². The molecule has 3 aromatic rings. The van der Waals surface area contributed by atoms with Crippen LogP contribution in [-0.2, 0) is 17.1 Å². The minimum absolute atomic E-state index is 0.0408. The Bertz CT molecular complexity index is 1140. The van der Waals surface area contributed by atoms with E-state index in [-0.39, 0.29) is 17.2 Å². The number of amides is 2. The van der Waals surface area contributed by atoms with Crippen LogP contribution in [-0.4, -0.2) is 34.8 Å². The van der Waals surface area contributed by atoms with Crippen LogP contribution >= 0.6 is 46.7 Å². The van der Waals surface area contributed by atoms with E-state index in [1.165, 1.54) is 0 Å². The maximum Gasteiger partial charge on any atom is 0.251 e. The summed E-state index contributed by atoms with van der Waals surface area (Å²) in [6.45, 7) is 1.15. The molecule has 4 rings (SSSR count). The molecule has 1 fully saturated rings. The van der Waals surface area contributed by atoms with E-state index in [2.05, 4.69) is 5.32 Å². The van der Waals surface area contributed by atoms with E-state index in [9.17, 15) is 9.59 Å². The number of carbonyl (C=O) groups is 2. The van der Waals surface area contributed by atoms with Crippen molar-refractivity contribution < 1.29 is 9.59 Å². The molecule has 0 spiro atoms. The Morgan fingerprint density at radius 1 is 1.06 bits per heavy atom. The summed E-state index contributed by atoms with van der Waals surface area (Å²) in [5.41, 5.74) is 3.77. The second-order valence-corrected chi connectivity index (χ2v) is 10.9. The highest BCUT2D eigenvalue weighted by Crippen LogP contribution is 2.39. The molecule has 0 bridgehead atoms. The lowest BCUT2D eigenvalue weighted by molar-refractivity contribution is -0.128. The van der Waals surface area contributed by atoms with Gasteiger partial charge < -0.3 is 10.2 Å². The van der Waals surface area contributed by atoms with Crippen LogP contribution < -0.4 is 5.32 Å². The Labute approximate surface area is 218 Å². The first-order valence-electron chi connectivity index (χ1n) is 10.9. The third kappa shape index (κ3) is 6.51. The fraction of sp³-hybridized carbons (Fsp3) is 0.231. The third-order valence-electron chi connectivity index (χ3n) is 5.43. The van der Waals surface area contributed by atoms with Crippen LogP contribution in [0.15, 0.2) is 72.8 Å². The van der Waals surface area contributed by atoms with Crippen molar-refractivity contribution in [3.8, 4) is 0 Å². The van der Waals surface area contributed by atoms with E-state index in [0.29, 0.717) is 34.5 Å². The molecule has 1 aliphatic rings. The Morgan fingerprint density at radius 2 is 1.82 bits per heavy atom. The Morgan fingerprint density at radius 3 is 2.56 bits per heavy atom. The van der Waals surface area contributed by atoms with Gasteiger partial charge in [0.2, 0.25) is 5.91 Å². The van der Waals surface area contributed by atoms with Gasteiger partial charge in [-0.1, -0.05) is 71.7 Å². The van der Waals surface area contributed by atoms with E-state index in [4.69, 9.17) is 23.2 Å². The molecule has 0 aliphatic carbocycles. The van der Waals surface area contributed by atoms with E-state index >= 15 is 0 Å². The second-order valence-electron chi connectivity index (χ2n) is 7.84. The molecule has 8 heteroatoms. The van der Waals surface area contributed by atoms with Gasteiger partial charge in [-0.25, -0.2) is 0 Å². The molecule has 1 N–H and O–H groups in total. The molecule has 1 heterocycles. The molecule has 1 saturated heterocycles. The lowest BCUT2D eigenvalue weighted by Crippen LogP contribution is -2.28. The van der Waals surface area contributed by atoms with Crippen molar-refractivity contribution in [1.82, 2.24) is 10.2 Å². The Hall–Kier alpha value is -2.12. The molecular formula is C26H24Cl2N2O2S2. The van der Waals surface area contributed by atoms with Gasteiger partial charge in [-0.2, -0.15) is 11.8 Å². The number of hydrogen-bond acceptors (Lipinski definition) is 4. The zero-order chi connectivity index (χ0) is 23.9. The molecule has 0 unspecified atom stereocenters. The molecule has 2 amide bonds. The molecule has 4 nitrogen and oxygen atoms in total. The normalized spacial score (nSPS) is 15.5. The molecule has 1 atom stereocenters. The smallest absolute Gasteiger partial charge is 0.251 e. The summed E-state index contributed by atoms with van der Waals surface area (Å²) in [7, 11) is 0. The van der Waals surface area contributed by atoms with E-state index in [0.717, 1.165) is 28.2 Å². The van der Waals surface area contributed by atoms with Crippen LogP contribution in [0.4, 0.5) is 0 Å². The standard InChI is InChI=1S/C26H24Cl2N2O2S2/c27-22-11-10-21(23(28)14-22)16-33-13-12-29-25(32)19-6-8-20(9-7-19)26-30(24(31)17-34-26)15-18-4-2-1-3-5-18/h1-11,14,26H,12-13,15-17H2,(H,29,32)/t26-/m1/s1. The first-order chi connectivity index (χ1) is 16.5. The summed E-state index contributed by atoms with van der Waals surface area (Å²) >= 11 is 15.5. The average Bonchev–Trinajstić information content (AvgIpc) is 3.20. The first-order valence-corrected chi connectivity index (χ1v) is 13.8. The van der Waals surface area contributed by atoms with Gasteiger partial charge in [0.25, 0.3) is 5.91 Å². The number of hydrogen-bond donors (Lipinski definition) is 1. The number of rotatable bonds is 9. The van der Waals surface area contributed by atoms with Gasteiger partial charge in [0.15, 0.2) is 0 Å². The van der Waals surface area contributed by atoms with Crippen molar-refractivity contribution in [2.75, 3.05) is 18.1 Å². The van der Waals surface area contributed by atoms with Crippen molar-refractivity contribution in [2.45, 2.75) is 17.7 Å². The Kier molecular flexibility index (Phi) is 8.84. The summed E-state index contributed by atoms with van der Waals surface area (Å²) in [5.74, 6) is 2.04. The fourth-order valence-electron chi connectivity index (χ4n) is 3.64. The minimum atomic E-state index is -0.104. The largest absolute Gasteiger partial charge is 0.351 e. The predicted octanol–water partition coefficient (Wildman–Crippen LogP) is 6.43. The third-order valence-corrected chi connectivity index (χ3v) is 8.28. The number of nitrogens with one attached hydrogen (secondary N) is 1. The number of nitrogens with zero attached hydrogens (tertiary/aromatic N) is 1. The predicted molar refractivity (Wildman–Crippen MR) is 144 cm³/mol. The number of benzene rings is 3. The zero-order valence-electron chi connectivity index (χ0n) is 18.4. The van der Waals surface area contributed by atoms with Crippen molar-refractivity contribution in [3.05, 3.63) is 105 Å². The lowest BCUT2D eigenvalue weighted by atomic mass is 10.1. The van der Waals surface area contributed by atoms with Gasteiger partial charge in [-0.15, -0.1) is 11.8 Å². The zero-order valence-corrected chi connectivity index (χ0v) is 21.5. The summed E-state index contributed by atoms with van der Waals surface area (Å²) < 4.78 is 0. The van der Waals surface area contributed by atoms with E-state index in [1.54, 1.807) is 29.6 Å². The van der Waals surface area contributed by atoms with Crippen LogP contribution in [0.2, 0.25) is 10.0 Å². The van der Waals surface area contributed by atoms with Crippen LogP contribution in [0.1, 0.15) is 32.4 Å². The monoisotopic (exact) mass is 530 g/mol. The summed E-state index contributed by atoms with van der Waals surface area (Å²) in [6, 6.07) is 23.0. The van der Waals surface area contributed by atoms with Crippen molar-refractivity contribution in [3.63, 3.8) is 0 Å². The number of halogens is 2. The highest BCUT2D eigenvalue weighted by molar-refractivity contribution is 8.00. The Balaban J connectivity index is 1.27. The maximum absolute atomic E-state index is 12.5. The maximum atomic E-state index is 12.5. The summed E-state index contributed by atoms with van der Waals surface area (Å²) in [6.07, 6.45) is 0. The summed E-state index contributed by atoms with van der Waals surface area (Å²) in [5, 5.41) is 4.21. The van der Waals surface area contributed by atoms with Crippen molar-refractivity contribution in [1.29, 1.82) is 0 Å². The van der Waals surface area contributed by atoms with Gasteiger partial charge in [0.1, 0.15) is 5.37 Å². The highest BCUT2D eigenvalue weighted by atomic mass is 35.5. The SMILES string of the molecule is O=C(NCCSCc1ccc(Cl)cc1Cl)c1ccc([C@H]2SCC(=O)N2Cc2ccccc2)cc1. The van der Waals surface area contributed by atoms with Gasteiger partial charge in [-0.3, -0.25) is 9.59 Å². The van der Waals surface area contributed by atoms with Crippen molar-refractivity contribution >= 4 is 58.5 Å². The van der Waals surface area contributed by atoms with Crippen LogP contribution in [0.25, 0.3) is 0 Å². The van der Waals surface area contributed by atoms with Crippen LogP contribution in [0.5, 0.6) is 0 Å². The molecule has 0 aromatic heterocycles. The summed E-state index contributed by atoms with van der Waals surface area (Å²) in [4.78, 5) is 26.9. The van der Waals surface area contributed by atoms with Crippen LogP contribution in [0, 0.1) is 0 Å². The van der Waals surface area contributed by atoms with Gasteiger partial charge in [-0.05, 0) is 41.0 Å². The van der Waals surface area contributed by atoms with Crippen LogP contribution in [0.3, 0.4) is 0 Å². The van der Waals surface area contributed by atoms with Gasteiger partial charge in [0.05, 0.1) is 5.75 Å². The second kappa shape index (κ2) is 12.0. The van der Waals surface area contributed by atoms with E-state index < -0.39 is 0 Å². The molecule has 1 aliphatic heterocycles. The highest BCUT2D eigenvalue weighted by Gasteiger charge is 2.32. The van der Waals surface area contributed by atoms with Crippen molar-refractivity contribution in [2.24, 2.45) is 0 Å². The molecule has 3 aromatic carbocycles. The molecule has 176 valence electrons. The minimum Gasteiger partial charge on any atom is -0.351 e. The molecular weight excluding hydrogens is 507 g/mol. The van der Waals surface area contributed by atoms with E-state index in [1.807, 2.05) is 71.6 Å². The molecule has 0 radical (unpaired) electrons. The number of thioether (sulfide) groups is 2. The average molecular weight is 532 g/mol. The molecule has 0 saturated carbocycles.